The average molecular weight is 371 g/mol. The second kappa shape index (κ2) is 7.84. The summed E-state index contributed by atoms with van der Waals surface area (Å²) in [5, 5.41) is 6.09. The zero-order chi connectivity index (χ0) is 17.9. The second-order valence-electron chi connectivity index (χ2n) is 7.42. The van der Waals surface area contributed by atoms with Crippen LogP contribution >= 0.6 is 11.8 Å². The predicted octanol–water partition coefficient (Wildman–Crippen LogP) is 3.51. The Balaban J connectivity index is 1.27. The van der Waals surface area contributed by atoms with Gasteiger partial charge in [0.15, 0.2) is 5.17 Å². The van der Waals surface area contributed by atoms with Crippen molar-refractivity contribution in [2.45, 2.75) is 32.7 Å². The van der Waals surface area contributed by atoms with E-state index in [9.17, 15) is 4.79 Å². The number of hydrogen-bond donors (Lipinski definition) is 1. The number of piperidine rings is 1. The van der Waals surface area contributed by atoms with Gasteiger partial charge in [-0.25, -0.2) is 0 Å². The molecule has 1 N–H and O–H groups in total. The van der Waals surface area contributed by atoms with Gasteiger partial charge >= 0.3 is 0 Å². The Labute approximate surface area is 159 Å². The molecule has 3 heterocycles. The number of carbonyl (C=O) groups is 1. The van der Waals surface area contributed by atoms with Crippen LogP contribution in [0.5, 0.6) is 0 Å². The monoisotopic (exact) mass is 370 g/mol. The highest BCUT2D eigenvalue weighted by molar-refractivity contribution is 8.16. The van der Waals surface area contributed by atoms with E-state index >= 15 is 0 Å². The van der Waals surface area contributed by atoms with Crippen molar-refractivity contribution < 1.29 is 4.79 Å². The number of amidine groups is 1. The maximum absolute atomic E-state index is 12.4. The third-order valence-electron chi connectivity index (χ3n) is 5.31. The molecule has 0 radical (unpaired) electrons. The van der Waals surface area contributed by atoms with Crippen LogP contribution in [0.2, 0.25) is 0 Å². The van der Waals surface area contributed by atoms with Gasteiger partial charge in [-0.05, 0) is 55.0 Å². The van der Waals surface area contributed by atoms with E-state index in [-0.39, 0.29) is 5.91 Å². The Hall–Kier alpha value is -1.79. The number of carbonyl (C=O) groups excluding carboxylic acids is 1. The molecule has 1 amide bonds. The van der Waals surface area contributed by atoms with E-state index in [2.05, 4.69) is 39.2 Å². The lowest BCUT2D eigenvalue weighted by atomic mass is 9.99. The molecule has 1 aromatic carbocycles. The van der Waals surface area contributed by atoms with Crippen molar-refractivity contribution in [3.05, 3.63) is 40.9 Å². The Kier molecular flexibility index (Phi) is 5.31. The highest BCUT2D eigenvalue weighted by Gasteiger charge is 2.27. The van der Waals surface area contributed by atoms with Gasteiger partial charge in [-0.2, -0.15) is 0 Å². The molecule has 138 valence electrons. The molecular formula is C20H26N4OS. The Morgan fingerprint density at radius 3 is 2.77 bits per heavy atom. The maximum atomic E-state index is 12.4. The number of anilines is 1. The van der Waals surface area contributed by atoms with E-state index in [0.29, 0.717) is 6.42 Å². The van der Waals surface area contributed by atoms with Gasteiger partial charge in [0, 0.05) is 24.5 Å². The van der Waals surface area contributed by atoms with Crippen LogP contribution in [-0.2, 0) is 11.3 Å². The number of benzene rings is 1. The molecule has 4 rings (SSSR count). The van der Waals surface area contributed by atoms with Crippen LogP contribution in [-0.4, -0.2) is 47.1 Å². The minimum atomic E-state index is 0.0303. The largest absolute Gasteiger partial charge is 0.326 e. The van der Waals surface area contributed by atoms with Gasteiger partial charge < -0.3 is 10.2 Å². The SMILES string of the molecule is CC1CCN(Cc2ccc(NC(=O)CC3=CSC4=NCCN34)cc2)CC1. The van der Waals surface area contributed by atoms with Gasteiger partial charge in [-0.3, -0.25) is 14.7 Å². The minimum Gasteiger partial charge on any atom is -0.326 e. The van der Waals surface area contributed by atoms with Crippen molar-refractivity contribution in [1.82, 2.24) is 9.80 Å². The van der Waals surface area contributed by atoms with Gasteiger partial charge in [0.2, 0.25) is 5.91 Å². The van der Waals surface area contributed by atoms with E-state index in [1.54, 1.807) is 11.8 Å². The first-order valence-electron chi connectivity index (χ1n) is 9.46. The number of rotatable bonds is 5. The average Bonchev–Trinajstić information content (AvgIpc) is 3.24. The van der Waals surface area contributed by atoms with Gasteiger partial charge in [-0.1, -0.05) is 30.8 Å². The van der Waals surface area contributed by atoms with Crippen LogP contribution < -0.4 is 5.32 Å². The summed E-state index contributed by atoms with van der Waals surface area (Å²) >= 11 is 1.62. The fourth-order valence-electron chi connectivity index (χ4n) is 3.66. The molecule has 0 aromatic heterocycles. The van der Waals surface area contributed by atoms with Crippen molar-refractivity contribution in [1.29, 1.82) is 0 Å². The summed E-state index contributed by atoms with van der Waals surface area (Å²) < 4.78 is 0. The first-order valence-corrected chi connectivity index (χ1v) is 10.3. The summed E-state index contributed by atoms with van der Waals surface area (Å²) in [5.41, 5.74) is 3.23. The molecule has 0 spiro atoms. The summed E-state index contributed by atoms with van der Waals surface area (Å²) in [5.74, 6) is 0.892. The molecule has 0 atom stereocenters. The van der Waals surface area contributed by atoms with Gasteiger partial charge in [0.1, 0.15) is 0 Å². The predicted molar refractivity (Wildman–Crippen MR) is 108 cm³/mol. The Morgan fingerprint density at radius 2 is 2.00 bits per heavy atom. The number of amides is 1. The van der Waals surface area contributed by atoms with Gasteiger partial charge in [0.25, 0.3) is 0 Å². The van der Waals surface area contributed by atoms with Crippen LogP contribution in [0, 0.1) is 5.92 Å². The van der Waals surface area contributed by atoms with Crippen molar-refractivity contribution in [2.75, 3.05) is 31.5 Å². The molecular weight excluding hydrogens is 344 g/mol. The molecule has 0 saturated carbocycles. The Bertz CT molecular complexity index is 720. The minimum absolute atomic E-state index is 0.0303. The molecule has 5 nitrogen and oxygen atoms in total. The van der Waals surface area contributed by atoms with Crippen molar-refractivity contribution in [3.63, 3.8) is 0 Å². The third-order valence-corrected chi connectivity index (χ3v) is 6.26. The quantitative estimate of drug-likeness (QED) is 0.862. The molecule has 1 saturated heterocycles. The number of thioether (sulfide) groups is 1. The highest BCUT2D eigenvalue weighted by atomic mass is 32.2. The number of hydrogen-bond acceptors (Lipinski definition) is 5. The van der Waals surface area contributed by atoms with E-state index in [1.165, 1.54) is 31.5 Å². The fraction of sp³-hybridized carbons (Fsp3) is 0.500. The zero-order valence-electron chi connectivity index (χ0n) is 15.3. The second-order valence-corrected chi connectivity index (χ2v) is 8.26. The lowest BCUT2D eigenvalue weighted by Crippen LogP contribution is -2.32. The lowest BCUT2D eigenvalue weighted by Gasteiger charge is -2.30. The van der Waals surface area contributed by atoms with Gasteiger partial charge in [-0.15, -0.1) is 0 Å². The normalized spacial score (nSPS) is 20.7. The topological polar surface area (TPSA) is 47.9 Å². The molecule has 26 heavy (non-hydrogen) atoms. The smallest absolute Gasteiger partial charge is 0.230 e. The van der Waals surface area contributed by atoms with E-state index in [4.69, 9.17) is 0 Å². The number of likely N-dealkylation sites (tertiary alicyclic amines) is 1. The standard InChI is InChI=1S/C20H26N4OS/c1-15-6-9-23(10-7-15)13-16-2-4-17(5-3-16)22-19(25)12-18-14-26-20-21-8-11-24(18)20/h2-5,14-15H,6-13H2,1H3,(H,22,25). The summed E-state index contributed by atoms with van der Waals surface area (Å²) in [6.45, 7) is 7.45. The van der Waals surface area contributed by atoms with Crippen LogP contribution in [0.4, 0.5) is 5.69 Å². The van der Waals surface area contributed by atoms with Crippen molar-refractivity contribution >= 4 is 28.5 Å². The summed E-state index contributed by atoms with van der Waals surface area (Å²) in [6, 6.07) is 8.29. The maximum Gasteiger partial charge on any atom is 0.230 e. The van der Waals surface area contributed by atoms with Gasteiger partial charge in [0.05, 0.1) is 13.0 Å². The number of nitrogens with one attached hydrogen (secondary N) is 1. The van der Waals surface area contributed by atoms with Crippen molar-refractivity contribution in [3.8, 4) is 0 Å². The summed E-state index contributed by atoms with van der Waals surface area (Å²) in [7, 11) is 0. The summed E-state index contributed by atoms with van der Waals surface area (Å²) in [6.07, 6.45) is 3.00. The molecule has 0 unspecified atom stereocenters. The zero-order valence-corrected chi connectivity index (χ0v) is 16.1. The van der Waals surface area contributed by atoms with Crippen molar-refractivity contribution in [2.24, 2.45) is 10.9 Å². The molecule has 3 aliphatic rings. The van der Waals surface area contributed by atoms with Crippen LogP contribution in [0.3, 0.4) is 0 Å². The van der Waals surface area contributed by atoms with E-state index in [0.717, 1.165) is 42.1 Å². The molecule has 1 fully saturated rings. The third kappa shape index (κ3) is 4.13. The molecule has 0 bridgehead atoms. The fourth-order valence-corrected chi connectivity index (χ4v) is 4.61. The van der Waals surface area contributed by atoms with Crippen LogP contribution in [0.25, 0.3) is 0 Å². The number of aliphatic imine (C=N–C) groups is 1. The molecule has 3 aliphatic heterocycles. The molecule has 1 aromatic rings. The molecule has 6 heteroatoms. The number of fused-ring (bicyclic) bond motifs is 1. The lowest BCUT2D eigenvalue weighted by molar-refractivity contribution is -0.115. The van der Waals surface area contributed by atoms with E-state index < -0.39 is 0 Å². The van der Waals surface area contributed by atoms with E-state index in [1.807, 2.05) is 17.5 Å². The first kappa shape index (κ1) is 17.6. The number of nitrogens with zero attached hydrogens (tertiary/aromatic N) is 3. The molecule has 0 aliphatic carbocycles. The summed E-state index contributed by atoms with van der Waals surface area (Å²) in [4.78, 5) is 21.4. The first-order chi connectivity index (χ1) is 12.7. The Morgan fingerprint density at radius 1 is 1.23 bits per heavy atom. The van der Waals surface area contributed by atoms with Crippen LogP contribution in [0.1, 0.15) is 31.7 Å². The van der Waals surface area contributed by atoms with Crippen LogP contribution in [0.15, 0.2) is 40.4 Å². The highest BCUT2D eigenvalue weighted by Crippen LogP contribution is 2.31.